The molecule has 0 saturated heterocycles. The summed E-state index contributed by atoms with van der Waals surface area (Å²) in [7, 11) is 0. The zero-order valence-corrected chi connectivity index (χ0v) is 10.3. The summed E-state index contributed by atoms with van der Waals surface area (Å²) in [6, 6.07) is 9.76. The number of phenolic OH excluding ortho intramolecular Hbond substituents is 1. The van der Waals surface area contributed by atoms with Crippen LogP contribution in [0.2, 0.25) is 0 Å². The van der Waals surface area contributed by atoms with Gasteiger partial charge in [0.05, 0.1) is 0 Å². The Kier molecular flexibility index (Phi) is 3.66. The maximum absolute atomic E-state index is 13.0. The summed E-state index contributed by atoms with van der Waals surface area (Å²) in [4.78, 5) is 11.7. The Bertz CT molecular complexity index is 614. The van der Waals surface area contributed by atoms with Gasteiger partial charge in [-0.25, -0.2) is 9.18 Å². The van der Waals surface area contributed by atoms with E-state index in [4.69, 9.17) is 0 Å². The number of carbonyl (C=O) groups excluding carboxylic acids is 1. The van der Waals surface area contributed by atoms with Gasteiger partial charge in [-0.1, -0.05) is 6.07 Å². The number of aromatic hydroxyl groups is 1. The molecule has 0 aliphatic carbocycles. The Balaban J connectivity index is 2.05. The number of benzene rings is 2. The van der Waals surface area contributed by atoms with Crippen LogP contribution in [0, 0.1) is 12.7 Å². The molecule has 3 N–H and O–H groups in total. The molecule has 2 aromatic rings. The summed E-state index contributed by atoms with van der Waals surface area (Å²) in [5.74, 6) is -0.285. The maximum atomic E-state index is 13.0. The van der Waals surface area contributed by atoms with Gasteiger partial charge in [-0.2, -0.15) is 0 Å². The minimum absolute atomic E-state index is 0.133. The molecule has 2 rings (SSSR count). The van der Waals surface area contributed by atoms with E-state index in [9.17, 15) is 14.3 Å². The number of phenols is 1. The second-order valence-corrected chi connectivity index (χ2v) is 4.09. The predicted octanol–water partition coefficient (Wildman–Crippen LogP) is 3.48. The molecule has 19 heavy (non-hydrogen) atoms. The summed E-state index contributed by atoms with van der Waals surface area (Å²) >= 11 is 0. The second-order valence-electron chi connectivity index (χ2n) is 4.09. The third-order valence-corrected chi connectivity index (χ3v) is 2.54. The van der Waals surface area contributed by atoms with E-state index in [-0.39, 0.29) is 5.75 Å². The van der Waals surface area contributed by atoms with Gasteiger partial charge in [0, 0.05) is 11.4 Å². The van der Waals surface area contributed by atoms with Crippen molar-refractivity contribution in [1.29, 1.82) is 0 Å². The Hall–Kier alpha value is -2.56. The van der Waals surface area contributed by atoms with Crippen molar-refractivity contribution in [3.63, 3.8) is 0 Å². The molecule has 0 fully saturated rings. The lowest BCUT2D eigenvalue weighted by Crippen LogP contribution is -2.19. The summed E-state index contributed by atoms with van der Waals surface area (Å²) < 4.78 is 13.0. The molecular weight excluding hydrogens is 247 g/mol. The molecule has 0 aliphatic rings. The van der Waals surface area contributed by atoms with E-state index in [1.54, 1.807) is 19.1 Å². The average Bonchev–Trinajstić information content (AvgIpc) is 2.33. The van der Waals surface area contributed by atoms with Crippen LogP contribution in [-0.4, -0.2) is 11.1 Å². The molecule has 0 bridgehead atoms. The van der Waals surface area contributed by atoms with Gasteiger partial charge in [0.2, 0.25) is 0 Å². The fourth-order valence-corrected chi connectivity index (χ4v) is 1.64. The van der Waals surface area contributed by atoms with Crippen molar-refractivity contribution >= 4 is 17.4 Å². The van der Waals surface area contributed by atoms with Crippen LogP contribution in [-0.2, 0) is 0 Å². The van der Waals surface area contributed by atoms with Crippen LogP contribution in [0.3, 0.4) is 0 Å². The van der Waals surface area contributed by atoms with E-state index >= 15 is 0 Å². The number of aryl methyl sites for hydroxylation is 1. The first kappa shape index (κ1) is 12.9. The molecule has 0 heterocycles. The first-order valence-corrected chi connectivity index (χ1v) is 5.68. The van der Waals surface area contributed by atoms with Gasteiger partial charge in [-0.3, -0.25) is 0 Å². The highest BCUT2D eigenvalue weighted by atomic mass is 19.1. The highest BCUT2D eigenvalue weighted by molar-refractivity contribution is 6.00. The molecule has 4 nitrogen and oxygen atoms in total. The van der Waals surface area contributed by atoms with E-state index in [1.807, 2.05) is 0 Å². The normalized spacial score (nSPS) is 10.0. The Labute approximate surface area is 109 Å². The van der Waals surface area contributed by atoms with Crippen LogP contribution in [0.1, 0.15) is 5.56 Å². The van der Waals surface area contributed by atoms with Crippen LogP contribution in [0.4, 0.5) is 20.6 Å². The lowest BCUT2D eigenvalue weighted by molar-refractivity contribution is 0.262. The van der Waals surface area contributed by atoms with Crippen LogP contribution in [0.5, 0.6) is 5.75 Å². The van der Waals surface area contributed by atoms with Gasteiger partial charge in [-0.05, 0) is 48.9 Å². The Morgan fingerprint density at radius 3 is 2.63 bits per heavy atom. The van der Waals surface area contributed by atoms with Crippen LogP contribution < -0.4 is 10.6 Å². The molecule has 5 heteroatoms. The number of urea groups is 1. The number of carbonyl (C=O) groups is 1. The minimum atomic E-state index is -0.473. The largest absolute Gasteiger partial charge is 0.508 e. The highest BCUT2D eigenvalue weighted by Gasteiger charge is 2.05. The molecule has 98 valence electrons. The Morgan fingerprint density at radius 1 is 1.16 bits per heavy atom. The number of amides is 2. The van der Waals surface area contributed by atoms with Crippen LogP contribution >= 0.6 is 0 Å². The number of rotatable bonds is 2. The zero-order chi connectivity index (χ0) is 13.8. The molecule has 0 aromatic heterocycles. The monoisotopic (exact) mass is 260 g/mol. The molecule has 0 radical (unpaired) electrons. The third-order valence-electron chi connectivity index (χ3n) is 2.54. The molecule has 0 unspecified atom stereocenters. The predicted molar refractivity (Wildman–Crippen MR) is 71.9 cm³/mol. The zero-order valence-electron chi connectivity index (χ0n) is 10.3. The van der Waals surface area contributed by atoms with Gasteiger partial charge in [0.25, 0.3) is 0 Å². The van der Waals surface area contributed by atoms with Gasteiger partial charge >= 0.3 is 6.03 Å². The van der Waals surface area contributed by atoms with Crippen molar-refractivity contribution in [3.8, 4) is 5.75 Å². The summed E-state index contributed by atoms with van der Waals surface area (Å²) in [5, 5.41) is 14.4. The first-order chi connectivity index (χ1) is 9.04. The second kappa shape index (κ2) is 5.39. The highest BCUT2D eigenvalue weighted by Crippen LogP contribution is 2.20. The SMILES string of the molecule is Cc1cc(O)ccc1NC(=O)Nc1cccc(F)c1. The standard InChI is InChI=1S/C14H13FN2O2/c1-9-7-12(18)5-6-13(9)17-14(19)16-11-4-2-3-10(15)8-11/h2-8,18H,1H3,(H2,16,17,19). The topological polar surface area (TPSA) is 61.4 Å². The fraction of sp³-hybridized carbons (Fsp3) is 0.0714. The van der Waals surface area contributed by atoms with Crippen molar-refractivity contribution in [1.82, 2.24) is 0 Å². The third kappa shape index (κ3) is 3.45. The van der Waals surface area contributed by atoms with Crippen LogP contribution in [0.25, 0.3) is 0 Å². The summed E-state index contributed by atoms with van der Waals surface area (Å²) in [6.07, 6.45) is 0. The van der Waals surface area contributed by atoms with Gasteiger partial charge in [0.15, 0.2) is 0 Å². The maximum Gasteiger partial charge on any atom is 0.323 e. The molecule has 0 saturated carbocycles. The quantitative estimate of drug-likeness (QED) is 0.724. The van der Waals surface area contributed by atoms with Crippen molar-refractivity contribution in [2.24, 2.45) is 0 Å². The van der Waals surface area contributed by atoms with Crippen LogP contribution in [0.15, 0.2) is 42.5 Å². The summed E-state index contributed by atoms with van der Waals surface area (Å²) in [5.41, 5.74) is 1.68. The number of nitrogens with one attached hydrogen (secondary N) is 2. The molecule has 0 aliphatic heterocycles. The van der Waals surface area contributed by atoms with E-state index < -0.39 is 11.8 Å². The van der Waals surface area contributed by atoms with Crippen molar-refractivity contribution < 1.29 is 14.3 Å². The molecule has 2 aromatic carbocycles. The van der Waals surface area contributed by atoms with Crippen molar-refractivity contribution in [3.05, 3.63) is 53.8 Å². The fourth-order valence-electron chi connectivity index (χ4n) is 1.64. The molecule has 0 atom stereocenters. The lowest BCUT2D eigenvalue weighted by atomic mass is 10.2. The molecule has 2 amide bonds. The number of hydrogen-bond donors (Lipinski definition) is 3. The number of anilines is 2. The lowest BCUT2D eigenvalue weighted by Gasteiger charge is -2.10. The average molecular weight is 260 g/mol. The van der Waals surface area contributed by atoms with E-state index in [1.165, 1.54) is 30.3 Å². The van der Waals surface area contributed by atoms with Crippen molar-refractivity contribution in [2.75, 3.05) is 10.6 Å². The smallest absolute Gasteiger partial charge is 0.323 e. The summed E-state index contributed by atoms with van der Waals surface area (Å²) in [6.45, 7) is 1.76. The number of hydrogen-bond acceptors (Lipinski definition) is 2. The number of halogens is 1. The van der Waals surface area contributed by atoms with Gasteiger partial charge < -0.3 is 15.7 Å². The van der Waals surface area contributed by atoms with Gasteiger partial charge in [-0.15, -0.1) is 0 Å². The van der Waals surface area contributed by atoms with E-state index in [0.717, 1.165) is 5.56 Å². The van der Waals surface area contributed by atoms with Gasteiger partial charge in [0.1, 0.15) is 11.6 Å². The van der Waals surface area contributed by atoms with Crippen molar-refractivity contribution in [2.45, 2.75) is 6.92 Å². The first-order valence-electron chi connectivity index (χ1n) is 5.68. The van der Waals surface area contributed by atoms with E-state index in [0.29, 0.717) is 11.4 Å². The molecule has 0 spiro atoms. The molecular formula is C14H13FN2O2. The van der Waals surface area contributed by atoms with E-state index in [2.05, 4.69) is 10.6 Å². The Morgan fingerprint density at radius 2 is 1.95 bits per heavy atom. The minimum Gasteiger partial charge on any atom is -0.508 e.